The Morgan fingerprint density at radius 1 is 1.24 bits per heavy atom. The molecule has 0 aliphatic rings. The van der Waals surface area contributed by atoms with Gasteiger partial charge in [0.2, 0.25) is 0 Å². The molecule has 0 radical (unpaired) electrons. The van der Waals surface area contributed by atoms with Gasteiger partial charge < -0.3 is 14.9 Å². The summed E-state index contributed by atoms with van der Waals surface area (Å²) in [4.78, 5) is 25.6. The third kappa shape index (κ3) is 4.85. The van der Waals surface area contributed by atoms with Crippen LogP contribution in [0.2, 0.25) is 0 Å². The fourth-order valence-electron chi connectivity index (χ4n) is 1.25. The fraction of sp³-hybridized carbons (Fsp3) is 0.818. The van der Waals surface area contributed by atoms with Crippen LogP contribution < -0.4 is 0 Å². The number of urea groups is 1. The van der Waals surface area contributed by atoms with Gasteiger partial charge in [0.15, 0.2) is 0 Å². The Bertz CT molecular complexity index is 273. The molecule has 2 unspecified atom stereocenters. The van der Waals surface area contributed by atoms with E-state index in [2.05, 4.69) is 0 Å². The second-order valence-electron chi connectivity index (χ2n) is 4.15. The van der Waals surface area contributed by atoms with Crippen molar-refractivity contribution in [2.24, 2.45) is 0 Å². The number of hydrogen-bond donors (Lipinski definition) is 1. The molecule has 5 nitrogen and oxygen atoms in total. The van der Waals surface area contributed by atoms with Crippen LogP contribution in [0.5, 0.6) is 0 Å². The Balaban J connectivity index is 4.42. The summed E-state index contributed by atoms with van der Waals surface area (Å²) in [7, 11) is 3.22. The minimum absolute atomic E-state index is 0.110. The lowest BCUT2D eigenvalue weighted by molar-refractivity contribution is -0.141. The number of aliphatic carboxylic acids is 1. The molecular formula is C11H22N2O3S. The van der Waals surface area contributed by atoms with Crippen LogP contribution in [-0.4, -0.2) is 65.1 Å². The average Bonchev–Trinajstić information content (AvgIpc) is 2.31. The van der Waals surface area contributed by atoms with Crippen molar-refractivity contribution >= 4 is 23.8 Å². The van der Waals surface area contributed by atoms with E-state index in [1.165, 1.54) is 18.9 Å². The molecule has 0 aromatic carbocycles. The van der Waals surface area contributed by atoms with Crippen molar-refractivity contribution < 1.29 is 14.7 Å². The van der Waals surface area contributed by atoms with E-state index < -0.39 is 12.0 Å². The van der Waals surface area contributed by atoms with Crippen molar-refractivity contribution in [2.75, 3.05) is 26.1 Å². The Labute approximate surface area is 107 Å². The Morgan fingerprint density at radius 3 is 2.18 bits per heavy atom. The number of carboxylic acids is 1. The number of hydrogen-bond acceptors (Lipinski definition) is 3. The van der Waals surface area contributed by atoms with Crippen molar-refractivity contribution in [3.8, 4) is 0 Å². The van der Waals surface area contributed by atoms with Crippen LogP contribution >= 0.6 is 11.8 Å². The Kier molecular flexibility index (Phi) is 7.03. The van der Waals surface area contributed by atoms with E-state index in [-0.39, 0.29) is 12.1 Å². The molecule has 0 aliphatic carbocycles. The average molecular weight is 262 g/mol. The number of carboxylic acid groups (broad SMARTS) is 1. The summed E-state index contributed by atoms with van der Waals surface area (Å²) in [6.45, 7) is 3.47. The summed E-state index contributed by atoms with van der Waals surface area (Å²) >= 11 is 1.73. The molecular weight excluding hydrogens is 240 g/mol. The SMILES string of the molecule is CSCCC(C)N(C)C(=O)N(C)C(C)C(=O)O. The molecule has 0 spiro atoms. The standard InChI is InChI=1S/C11H22N2O3S/c1-8(6-7-17-5)12(3)11(16)13(4)9(2)10(14)15/h8-9H,6-7H2,1-5H3,(H,14,15). The van der Waals surface area contributed by atoms with Crippen LogP contribution in [0.25, 0.3) is 0 Å². The van der Waals surface area contributed by atoms with Gasteiger partial charge in [-0.2, -0.15) is 11.8 Å². The smallest absolute Gasteiger partial charge is 0.326 e. The van der Waals surface area contributed by atoms with Gasteiger partial charge in [0, 0.05) is 20.1 Å². The second-order valence-corrected chi connectivity index (χ2v) is 5.13. The predicted molar refractivity (Wildman–Crippen MR) is 70.5 cm³/mol. The van der Waals surface area contributed by atoms with Crippen LogP contribution in [0.15, 0.2) is 0 Å². The van der Waals surface area contributed by atoms with Gasteiger partial charge in [-0.15, -0.1) is 0 Å². The molecule has 6 heteroatoms. The minimum Gasteiger partial charge on any atom is -0.480 e. The van der Waals surface area contributed by atoms with Gasteiger partial charge >= 0.3 is 12.0 Å². The first-order valence-electron chi connectivity index (χ1n) is 5.54. The molecule has 0 rings (SSSR count). The zero-order valence-electron chi connectivity index (χ0n) is 11.1. The van der Waals surface area contributed by atoms with Crippen LogP contribution in [0.1, 0.15) is 20.3 Å². The van der Waals surface area contributed by atoms with Crippen molar-refractivity contribution in [1.82, 2.24) is 9.80 Å². The molecule has 1 N–H and O–H groups in total. The first-order valence-corrected chi connectivity index (χ1v) is 6.93. The summed E-state index contributed by atoms with van der Waals surface area (Å²) in [6.07, 6.45) is 2.92. The van der Waals surface area contributed by atoms with Crippen LogP contribution in [0.3, 0.4) is 0 Å². The molecule has 17 heavy (non-hydrogen) atoms. The van der Waals surface area contributed by atoms with Gasteiger partial charge in [-0.05, 0) is 32.3 Å². The van der Waals surface area contributed by atoms with E-state index in [1.54, 1.807) is 23.7 Å². The van der Waals surface area contributed by atoms with Crippen LogP contribution in [0, 0.1) is 0 Å². The fourth-order valence-corrected chi connectivity index (χ4v) is 1.83. The van der Waals surface area contributed by atoms with Crippen molar-refractivity contribution in [1.29, 1.82) is 0 Å². The van der Waals surface area contributed by atoms with Crippen molar-refractivity contribution in [2.45, 2.75) is 32.4 Å². The maximum absolute atomic E-state index is 12.0. The molecule has 0 heterocycles. The highest BCUT2D eigenvalue weighted by molar-refractivity contribution is 7.98. The number of rotatable bonds is 6. The first kappa shape index (κ1) is 16.1. The summed E-state index contributed by atoms with van der Waals surface area (Å²) in [5, 5.41) is 8.85. The molecule has 0 fully saturated rings. The molecule has 0 aliphatic heterocycles. The zero-order chi connectivity index (χ0) is 13.6. The van der Waals surface area contributed by atoms with Gasteiger partial charge in [0.05, 0.1) is 0 Å². The predicted octanol–water partition coefficient (Wildman–Crippen LogP) is 1.58. The van der Waals surface area contributed by atoms with E-state index in [0.29, 0.717) is 0 Å². The molecule has 0 aromatic rings. The largest absolute Gasteiger partial charge is 0.480 e. The van der Waals surface area contributed by atoms with Gasteiger partial charge in [-0.1, -0.05) is 0 Å². The number of thioether (sulfide) groups is 1. The molecule has 2 amide bonds. The van der Waals surface area contributed by atoms with Gasteiger partial charge in [0.25, 0.3) is 0 Å². The van der Waals surface area contributed by atoms with E-state index in [1.807, 2.05) is 13.2 Å². The molecule has 100 valence electrons. The maximum atomic E-state index is 12.0. The minimum atomic E-state index is -0.994. The third-order valence-electron chi connectivity index (χ3n) is 2.94. The lowest BCUT2D eigenvalue weighted by Crippen LogP contribution is -2.49. The number of likely N-dealkylation sites (N-methyl/N-ethyl adjacent to an activating group) is 1. The summed E-state index contributed by atoms with van der Waals surface area (Å²) in [6, 6.07) is -0.954. The lowest BCUT2D eigenvalue weighted by atomic mass is 10.2. The molecule has 0 saturated carbocycles. The Morgan fingerprint density at radius 2 is 1.76 bits per heavy atom. The maximum Gasteiger partial charge on any atom is 0.326 e. The van der Waals surface area contributed by atoms with E-state index in [4.69, 9.17) is 5.11 Å². The van der Waals surface area contributed by atoms with E-state index in [0.717, 1.165) is 12.2 Å². The summed E-state index contributed by atoms with van der Waals surface area (Å²) in [5.74, 6) is -0.0113. The second kappa shape index (κ2) is 7.42. The summed E-state index contributed by atoms with van der Waals surface area (Å²) in [5.41, 5.74) is 0. The third-order valence-corrected chi connectivity index (χ3v) is 3.59. The monoisotopic (exact) mass is 262 g/mol. The number of carbonyl (C=O) groups is 2. The van der Waals surface area contributed by atoms with Crippen molar-refractivity contribution in [3.05, 3.63) is 0 Å². The highest BCUT2D eigenvalue weighted by atomic mass is 32.2. The first-order chi connectivity index (χ1) is 7.82. The van der Waals surface area contributed by atoms with Gasteiger partial charge in [0.1, 0.15) is 6.04 Å². The topological polar surface area (TPSA) is 60.9 Å². The van der Waals surface area contributed by atoms with E-state index >= 15 is 0 Å². The van der Waals surface area contributed by atoms with Gasteiger partial charge in [-0.25, -0.2) is 9.59 Å². The highest BCUT2D eigenvalue weighted by Crippen LogP contribution is 2.09. The number of nitrogens with zero attached hydrogens (tertiary/aromatic N) is 2. The Hall–Kier alpha value is -0.910. The zero-order valence-corrected chi connectivity index (χ0v) is 12.0. The molecule has 0 aromatic heterocycles. The number of amides is 2. The van der Waals surface area contributed by atoms with Gasteiger partial charge in [-0.3, -0.25) is 0 Å². The van der Waals surface area contributed by atoms with E-state index in [9.17, 15) is 9.59 Å². The van der Waals surface area contributed by atoms with Crippen LogP contribution in [0.4, 0.5) is 4.79 Å². The molecule has 0 bridgehead atoms. The highest BCUT2D eigenvalue weighted by Gasteiger charge is 2.26. The molecule has 2 atom stereocenters. The van der Waals surface area contributed by atoms with Crippen LogP contribution in [-0.2, 0) is 4.79 Å². The quantitative estimate of drug-likeness (QED) is 0.789. The van der Waals surface area contributed by atoms with Crippen molar-refractivity contribution in [3.63, 3.8) is 0 Å². The lowest BCUT2D eigenvalue weighted by Gasteiger charge is -2.31. The molecule has 0 saturated heterocycles. The normalized spacial score (nSPS) is 13.9. The number of carbonyl (C=O) groups excluding carboxylic acids is 1. The summed E-state index contributed by atoms with van der Waals surface area (Å²) < 4.78 is 0.